The molecule has 2 heteroatoms. The molecular formula is C38H26N2. The van der Waals surface area contributed by atoms with Gasteiger partial charge < -0.3 is 5.32 Å². The summed E-state index contributed by atoms with van der Waals surface area (Å²) in [6.07, 6.45) is 1.92. The fourth-order valence-corrected chi connectivity index (χ4v) is 6.77. The third kappa shape index (κ3) is 3.20. The van der Waals surface area contributed by atoms with Crippen LogP contribution in [0.4, 0.5) is 17.1 Å². The lowest BCUT2D eigenvalue weighted by molar-refractivity contribution is 0.794. The molecule has 0 saturated heterocycles. The Morgan fingerprint density at radius 2 is 0.975 bits per heavy atom. The van der Waals surface area contributed by atoms with Crippen LogP contribution in [-0.4, -0.2) is 6.21 Å². The van der Waals surface area contributed by atoms with Crippen molar-refractivity contribution in [3.05, 3.63) is 173 Å². The molecule has 40 heavy (non-hydrogen) atoms. The van der Waals surface area contributed by atoms with E-state index in [0.717, 1.165) is 22.6 Å². The van der Waals surface area contributed by atoms with E-state index in [4.69, 9.17) is 4.99 Å². The second kappa shape index (κ2) is 8.93. The average molecular weight is 511 g/mol. The lowest BCUT2D eigenvalue weighted by Crippen LogP contribution is -2.25. The molecule has 2 aliphatic carbocycles. The van der Waals surface area contributed by atoms with Gasteiger partial charge in [0, 0.05) is 17.5 Å². The van der Waals surface area contributed by atoms with Crippen LogP contribution < -0.4 is 5.32 Å². The van der Waals surface area contributed by atoms with Gasteiger partial charge in [-0.15, -0.1) is 0 Å². The summed E-state index contributed by atoms with van der Waals surface area (Å²) in [5, 5.41) is 3.79. The largest absolute Gasteiger partial charge is 0.353 e. The maximum Gasteiger partial charge on any atom is 0.0864 e. The van der Waals surface area contributed by atoms with Gasteiger partial charge in [-0.05, 0) is 62.7 Å². The Hall–Kier alpha value is -5.21. The Morgan fingerprint density at radius 3 is 1.70 bits per heavy atom. The number of benzene rings is 6. The molecule has 0 saturated carbocycles. The van der Waals surface area contributed by atoms with Crippen LogP contribution in [-0.2, 0) is 5.41 Å². The zero-order valence-corrected chi connectivity index (χ0v) is 21.9. The molecule has 2 aliphatic rings. The van der Waals surface area contributed by atoms with Gasteiger partial charge in [0.05, 0.1) is 16.8 Å². The number of para-hydroxylation sites is 2. The predicted octanol–water partition coefficient (Wildman–Crippen LogP) is 9.52. The molecule has 0 aliphatic heterocycles. The SMILES string of the molecule is C(=Nc1ccccc1Nc1cccc2c1-c1ccccc1C21c2ccccc2-c2ccccc21)c1ccccc1. The van der Waals surface area contributed by atoms with Gasteiger partial charge in [0.2, 0.25) is 0 Å². The predicted molar refractivity (Wildman–Crippen MR) is 166 cm³/mol. The molecule has 0 unspecified atom stereocenters. The molecule has 8 rings (SSSR count). The molecule has 0 atom stereocenters. The Balaban J connectivity index is 1.33. The van der Waals surface area contributed by atoms with Crippen molar-refractivity contribution in [1.82, 2.24) is 0 Å². The van der Waals surface area contributed by atoms with Crippen LogP contribution in [0.2, 0.25) is 0 Å². The van der Waals surface area contributed by atoms with Gasteiger partial charge in [-0.1, -0.05) is 127 Å². The number of hydrogen-bond acceptors (Lipinski definition) is 2. The Labute approximate surface area is 234 Å². The third-order valence-electron chi connectivity index (χ3n) is 8.35. The molecule has 2 nitrogen and oxygen atoms in total. The number of nitrogens with one attached hydrogen (secondary N) is 1. The Morgan fingerprint density at radius 1 is 0.450 bits per heavy atom. The second-order valence-corrected chi connectivity index (χ2v) is 10.4. The van der Waals surface area contributed by atoms with Gasteiger partial charge in [-0.25, -0.2) is 0 Å². The van der Waals surface area contributed by atoms with Crippen molar-refractivity contribution >= 4 is 23.3 Å². The zero-order valence-electron chi connectivity index (χ0n) is 21.9. The first-order valence-corrected chi connectivity index (χ1v) is 13.7. The van der Waals surface area contributed by atoms with E-state index in [1.165, 1.54) is 44.5 Å². The number of anilines is 2. The molecule has 0 heterocycles. The minimum atomic E-state index is -0.345. The molecule has 0 amide bonds. The minimum absolute atomic E-state index is 0.345. The number of hydrogen-bond donors (Lipinski definition) is 1. The van der Waals surface area contributed by atoms with Gasteiger partial charge in [-0.3, -0.25) is 4.99 Å². The molecule has 6 aromatic rings. The van der Waals surface area contributed by atoms with E-state index >= 15 is 0 Å². The van der Waals surface area contributed by atoms with Gasteiger partial charge in [-0.2, -0.15) is 0 Å². The van der Waals surface area contributed by atoms with Gasteiger partial charge in [0.25, 0.3) is 0 Å². The fourth-order valence-electron chi connectivity index (χ4n) is 6.77. The first-order valence-electron chi connectivity index (χ1n) is 13.7. The van der Waals surface area contributed by atoms with E-state index in [1.54, 1.807) is 0 Å². The summed E-state index contributed by atoms with van der Waals surface area (Å²) >= 11 is 0. The van der Waals surface area contributed by atoms with E-state index in [2.05, 4.69) is 127 Å². The smallest absolute Gasteiger partial charge is 0.0864 e. The lowest BCUT2D eigenvalue weighted by atomic mass is 9.70. The number of rotatable bonds is 4. The van der Waals surface area contributed by atoms with E-state index in [-0.39, 0.29) is 5.41 Å². The first-order chi connectivity index (χ1) is 19.9. The van der Waals surface area contributed by atoms with Crippen LogP contribution in [0, 0.1) is 0 Å². The summed E-state index contributed by atoms with van der Waals surface area (Å²) in [6.45, 7) is 0. The summed E-state index contributed by atoms with van der Waals surface area (Å²) in [7, 11) is 0. The molecule has 0 aromatic heterocycles. The van der Waals surface area contributed by atoms with Crippen molar-refractivity contribution in [3.8, 4) is 22.3 Å². The molecule has 1 N–H and O–H groups in total. The van der Waals surface area contributed by atoms with E-state index in [1.807, 2.05) is 30.5 Å². The summed E-state index contributed by atoms with van der Waals surface area (Å²) in [5.74, 6) is 0. The standard InChI is InChI=1S/C38H26N2/c1-2-13-26(14-3-1)25-39-34-22-10-11-23-35(34)40-36-24-12-21-33-37(36)29-17-6-9-20-32(29)38(33)30-18-7-4-15-27(30)28-16-5-8-19-31(28)38/h1-25,40H. The lowest BCUT2D eigenvalue weighted by Gasteiger charge is -2.30. The van der Waals surface area contributed by atoms with E-state index < -0.39 is 0 Å². The molecule has 6 aromatic carbocycles. The molecular weight excluding hydrogens is 484 g/mol. The van der Waals surface area contributed by atoms with Crippen molar-refractivity contribution in [3.63, 3.8) is 0 Å². The summed E-state index contributed by atoms with van der Waals surface area (Å²) in [6, 6.07) is 51.9. The second-order valence-electron chi connectivity index (χ2n) is 10.4. The van der Waals surface area contributed by atoms with E-state index in [0.29, 0.717) is 0 Å². The highest BCUT2D eigenvalue weighted by atomic mass is 14.9. The normalized spacial score (nSPS) is 13.6. The van der Waals surface area contributed by atoms with Crippen molar-refractivity contribution in [1.29, 1.82) is 0 Å². The maximum absolute atomic E-state index is 4.85. The monoisotopic (exact) mass is 510 g/mol. The van der Waals surface area contributed by atoms with E-state index in [9.17, 15) is 0 Å². The zero-order chi connectivity index (χ0) is 26.5. The number of aliphatic imine (C=N–C) groups is 1. The van der Waals surface area contributed by atoms with Crippen LogP contribution in [0.25, 0.3) is 22.3 Å². The highest BCUT2D eigenvalue weighted by molar-refractivity contribution is 5.99. The summed E-state index contributed by atoms with van der Waals surface area (Å²) in [5.41, 5.74) is 14.2. The molecule has 0 radical (unpaired) electrons. The molecule has 0 bridgehead atoms. The summed E-state index contributed by atoms with van der Waals surface area (Å²) in [4.78, 5) is 4.85. The quantitative estimate of drug-likeness (QED) is 0.234. The van der Waals surface area contributed by atoms with Gasteiger partial charge in [0.15, 0.2) is 0 Å². The summed E-state index contributed by atoms with van der Waals surface area (Å²) < 4.78 is 0. The Bertz CT molecular complexity index is 1890. The third-order valence-corrected chi connectivity index (χ3v) is 8.35. The van der Waals surface area contributed by atoms with Crippen molar-refractivity contribution in [2.45, 2.75) is 5.41 Å². The fraction of sp³-hybridized carbons (Fsp3) is 0.0263. The van der Waals surface area contributed by atoms with Crippen LogP contribution in [0.5, 0.6) is 0 Å². The van der Waals surface area contributed by atoms with Gasteiger partial charge in [0.1, 0.15) is 0 Å². The van der Waals surface area contributed by atoms with Crippen LogP contribution in [0.1, 0.15) is 27.8 Å². The molecule has 0 fully saturated rings. The van der Waals surface area contributed by atoms with Gasteiger partial charge >= 0.3 is 0 Å². The highest BCUT2D eigenvalue weighted by Gasteiger charge is 2.51. The van der Waals surface area contributed by atoms with Crippen molar-refractivity contribution in [2.24, 2.45) is 4.99 Å². The average Bonchev–Trinajstić information content (AvgIpc) is 3.49. The van der Waals surface area contributed by atoms with Crippen LogP contribution in [0.15, 0.2) is 151 Å². The van der Waals surface area contributed by atoms with Crippen molar-refractivity contribution in [2.75, 3.05) is 5.32 Å². The van der Waals surface area contributed by atoms with Crippen LogP contribution in [0.3, 0.4) is 0 Å². The van der Waals surface area contributed by atoms with Crippen molar-refractivity contribution < 1.29 is 0 Å². The highest BCUT2D eigenvalue weighted by Crippen LogP contribution is 2.63. The molecule has 1 spiro atoms. The Kier molecular flexibility index (Phi) is 5.08. The number of fused-ring (bicyclic) bond motifs is 10. The maximum atomic E-state index is 4.85. The first kappa shape index (κ1) is 22.7. The minimum Gasteiger partial charge on any atom is -0.353 e. The molecule has 188 valence electrons. The topological polar surface area (TPSA) is 24.4 Å². The van der Waals surface area contributed by atoms with Crippen LogP contribution >= 0.6 is 0 Å². The number of nitrogens with zero attached hydrogens (tertiary/aromatic N) is 1.